The van der Waals surface area contributed by atoms with E-state index < -0.39 is 23.5 Å². The standard InChI is InChI=1S/C31H37.C15H8F6.C7H9.2ClH.Zr/c1-28(2,3)26-16-30(7,8)24-12-18-11-19-13-25-23(15-21(19)20(18)14-22(24)26)27(29(4,5)6)17-31(25,9)10;16-14(17,18)12-5-1-3-10(8-12)7-11-4-2-6-13(9-11)15(19,20)21;1-6-3-4-7(2)5-6;;;/h11-17H,1-10H3;1-6,8-9H;3,5,7H,1-2H3;2*1H;/q-1;;-1;;;+2/p-2. The molecule has 8 rings (SSSR count). The fraction of sp³-hybridized carbons (Fsp3) is 0.358. The summed E-state index contributed by atoms with van der Waals surface area (Å²) < 4.78 is 76.7. The molecule has 0 aromatic heterocycles. The van der Waals surface area contributed by atoms with Crippen molar-refractivity contribution in [1.82, 2.24) is 0 Å². The number of hydrogen-bond donors (Lipinski definition) is 0. The molecule has 5 aromatic carbocycles. The van der Waals surface area contributed by atoms with E-state index in [0.717, 1.165) is 48.5 Å². The molecular formula is C53H54Cl2F6Zr-2. The van der Waals surface area contributed by atoms with Gasteiger partial charge in [0.05, 0.1) is 0 Å². The minimum atomic E-state index is -4.49. The van der Waals surface area contributed by atoms with Gasteiger partial charge in [0, 0.05) is 10.8 Å². The van der Waals surface area contributed by atoms with Crippen LogP contribution in [0.15, 0.2) is 109 Å². The van der Waals surface area contributed by atoms with Gasteiger partial charge in [0.2, 0.25) is 0 Å². The van der Waals surface area contributed by atoms with Crippen molar-refractivity contribution in [2.75, 3.05) is 0 Å². The number of benzene rings is 4. The quantitative estimate of drug-likeness (QED) is 0.122. The number of halogens is 8. The number of alkyl halides is 6. The number of fused-ring (bicyclic) bond motifs is 5. The van der Waals surface area contributed by atoms with E-state index in [-0.39, 0.29) is 57.6 Å². The van der Waals surface area contributed by atoms with Crippen LogP contribution in [-0.4, -0.2) is 3.21 Å². The molecule has 3 aliphatic carbocycles. The van der Waals surface area contributed by atoms with Crippen LogP contribution >= 0.6 is 0 Å². The van der Waals surface area contributed by atoms with Crippen molar-refractivity contribution >= 4 is 35.9 Å². The molecule has 0 aliphatic heterocycles. The van der Waals surface area contributed by atoms with Crippen molar-refractivity contribution in [3.05, 3.63) is 159 Å². The molecule has 0 N–H and O–H groups in total. The van der Waals surface area contributed by atoms with Crippen molar-refractivity contribution in [2.45, 2.75) is 106 Å². The van der Waals surface area contributed by atoms with Gasteiger partial charge in [-0.3, -0.25) is 6.08 Å². The zero-order valence-electron chi connectivity index (χ0n) is 37.4. The van der Waals surface area contributed by atoms with Crippen LogP contribution in [0, 0.1) is 22.8 Å². The minimum absolute atomic E-state index is 0. The molecule has 0 nitrogen and oxygen atoms in total. The predicted molar refractivity (Wildman–Crippen MR) is 235 cm³/mol. The van der Waals surface area contributed by atoms with E-state index >= 15 is 0 Å². The first-order valence-electron chi connectivity index (χ1n) is 20.4. The monoisotopic (exact) mass is 964 g/mol. The summed E-state index contributed by atoms with van der Waals surface area (Å²) in [6.45, 7) is 27.7. The Morgan fingerprint density at radius 1 is 0.629 bits per heavy atom. The van der Waals surface area contributed by atoms with Crippen LogP contribution in [0.1, 0.15) is 128 Å². The third-order valence-electron chi connectivity index (χ3n) is 11.6. The summed E-state index contributed by atoms with van der Waals surface area (Å²) in [6.07, 6.45) is 3.41. The first-order valence-corrected chi connectivity index (χ1v) is 21.6. The summed E-state index contributed by atoms with van der Waals surface area (Å²) in [5.74, 6) is 0.556. The first kappa shape index (κ1) is 51.3. The predicted octanol–water partition coefficient (Wildman–Crippen LogP) is 9.94. The largest absolute Gasteiger partial charge is 1.00 e. The van der Waals surface area contributed by atoms with Gasteiger partial charge in [-0.2, -0.15) is 6.08 Å². The fourth-order valence-corrected chi connectivity index (χ4v) is 9.28. The fourth-order valence-electron chi connectivity index (χ4n) is 8.51. The van der Waals surface area contributed by atoms with Crippen molar-refractivity contribution in [3.63, 3.8) is 0 Å². The van der Waals surface area contributed by atoms with Crippen LogP contribution in [-0.2, 0) is 47.4 Å². The third-order valence-corrected chi connectivity index (χ3v) is 13.0. The van der Waals surface area contributed by atoms with Crippen LogP contribution in [0.25, 0.3) is 32.7 Å². The van der Waals surface area contributed by atoms with Gasteiger partial charge in [-0.15, -0.1) is 46.7 Å². The smallest absolute Gasteiger partial charge is 1.00 e. The molecule has 5 aromatic rings. The molecule has 0 amide bonds. The van der Waals surface area contributed by atoms with Crippen LogP contribution in [0.3, 0.4) is 0 Å². The minimum Gasteiger partial charge on any atom is -1.00 e. The van der Waals surface area contributed by atoms with Gasteiger partial charge < -0.3 is 24.8 Å². The molecule has 0 heterocycles. The Labute approximate surface area is 391 Å². The van der Waals surface area contributed by atoms with Crippen LogP contribution in [0.5, 0.6) is 0 Å². The Kier molecular flexibility index (Phi) is 14.8. The van der Waals surface area contributed by atoms with Gasteiger partial charge in [0.1, 0.15) is 0 Å². The van der Waals surface area contributed by atoms with Gasteiger partial charge in [0.25, 0.3) is 0 Å². The van der Waals surface area contributed by atoms with Crippen molar-refractivity contribution in [1.29, 1.82) is 0 Å². The van der Waals surface area contributed by atoms with Gasteiger partial charge in [-0.1, -0.05) is 117 Å². The summed E-state index contributed by atoms with van der Waals surface area (Å²) in [7, 11) is 0. The van der Waals surface area contributed by atoms with Gasteiger partial charge >= 0.3 is 137 Å². The second-order valence-corrected chi connectivity index (χ2v) is 20.9. The molecule has 0 bridgehead atoms. The van der Waals surface area contributed by atoms with Gasteiger partial charge in [0.15, 0.2) is 0 Å². The van der Waals surface area contributed by atoms with E-state index in [1.807, 2.05) is 6.08 Å². The van der Waals surface area contributed by atoms with Gasteiger partial charge in [-0.05, 0) is 33.1 Å². The van der Waals surface area contributed by atoms with Crippen molar-refractivity contribution in [2.24, 2.45) is 16.7 Å². The molecule has 9 heteroatoms. The topological polar surface area (TPSA) is 0 Å². The Morgan fingerprint density at radius 3 is 1.31 bits per heavy atom. The molecule has 0 saturated carbocycles. The van der Waals surface area contributed by atoms with Crippen molar-refractivity contribution < 1.29 is 75.4 Å². The van der Waals surface area contributed by atoms with Crippen LogP contribution in [0.2, 0.25) is 0 Å². The van der Waals surface area contributed by atoms with E-state index in [0.29, 0.717) is 9.12 Å². The summed E-state index contributed by atoms with van der Waals surface area (Å²) >= 11 is 0.729. The van der Waals surface area contributed by atoms with Gasteiger partial charge in [-0.25, -0.2) is 11.6 Å². The number of rotatable bonds is 2. The SMILES string of the molecule is CC(C)(C)C1=CC(C)(C)c2cc3[cH-]c4cc5c(cc4c3cc21)C(C(C)(C)C)=CC5(C)C.CC1=CC(C)[C-]=C1.FC(F)(F)c1cccc([C](=[Zr+2])c2cccc(C(F)(F)F)c2)c1.[Cl-].[Cl-]. The third kappa shape index (κ3) is 10.8. The normalized spacial score (nSPS) is 17.4. The molecule has 1 atom stereocenters. The number of hydrogen-bond acceptors (Lipinski definition) is 0. The molecule has 1 unspecified atom stereocenters. The Morgan fingerprint density at radius 2 is 1.02 bits per heavy atom. The molecule has 3 aliphatic rings. The molecule has 62 heavy (non-hydrogen) atoms. The average molecular weight is 967 g/mol. The summed E-state index contributed by atoms with van der Waals surface area (Å²) in [5, 5.41) is 5.58. The van der Waals surface area contributed by atoms with Crippen molar-refractivity contribution in [3.8, 4) is 0 Å². The van der Waals surface area contributed by atoms with E-state index in [2.05, 4.69) is 138 Å². The second kappa shape index (κ2) is 17.9. The molecular weight excluding hydrogens is 913 g/mol. The first-order chi connectivity index (χ1) is 27.5. The van der Waals surface area contributed by atoms with Crippen LogP contribution < -0.4 is 24.8 Å². The molecule has 0 fully saturated rings. The Bertz CT molecular complexity index is 2470. The summed E-state index contributed by atoms with van der Waals surface area (Å²) in [4.78, 5) is 0. The van der Waals surface area contributed by atoms with E-state index in [1.54, 1.807) is 0 Å². The number of allylic oxidation sites excluding steroid dienone is 8. The van der Waals surface area contributed by atoms with E-state index in [9.17, 15) is 26.3 Å². The Balaban J connectivity index is 0.000000238. The molecule has 0 radical (unpaired) electrons. The zero-order chi connectivity index (χ0) is 44.5. The second-order valence-electron chi connectivity index (χ2n) is 19.7. The molecule has 328 valence electrons. The summed E-state index contributed by atoms with van der Waals surface area (Å²) in [6, 6.07) is 21.5. The van der Waals surface area contributed by atoms with E-state index in [4.69, 9.17) is 0 Å². The maximum absolute atomic E-state index is 12.7. The van der Waals surface area contributed by atoms with Crippen LogP contribution in [0.4, 0.5) is 26.3 Å². The molecule has 0 saturated heterocycles. The Hall–Kier alpha value is -3.38. The summed E-state index contributed by atoms with van der Waals surface area (Å²) in [5.41, 5.74) is 9.52. The maximum Gasteiger partial charge on any atom is -1.00 e. The zero-order valence-corrected chi connectivity index (χ0v) is 41.4. The maximum atomic E-state index is 12.7. The molecule has 0 spiro atoms. The average Bonchev–Trinajstić information content (AvgIpc) is 3.85. The van der Waals surface area contributed by atoms with E-state index in [1.165, 1.54) is 84.8 Å².